The van der Waals surface area contributed by atoms with Gasteiger partial charge in [0.1, 0.15) is 0 Å². The number of rotatable bonds is 2. The Kier molecular flexibility index (Phi) is 5.54. The van der Waals surface area contributed by atoms with Crippen LogP contribution in [0, 0.1) is 0 Å². The second-order valence-electron chi connectivity index (χ2n) is 1.63. The molecule has 12 heavy (non-hydrogen) atoms. The Morgan fingerprint density at radius 2 is 1.42 bits per heavy atom. The van der Waals surface area contributed by atoms with Gasteiger partial charge in [0.15, 0.2) is 0 Å². The molecule has 0 aliphatic carbocycles. The van der Waals surface area contributed by atoms with E-state index in [1.807, 2.05) is 0 Å². The highest BCUT2D eigenvalue weighted by molar-refractivity contribution is 7.48. The molecule has 0 atom stereocenters. The summed E-state index contributed by atoms with van der Waals surface area (Å²) >= 11 is 0. The predicted octanol–water partition coefficient (Wildman–Crippen LogP) is -0.612. The Morgan fingerprint density at radius 1 is 1.17 bits per heavy atom. The molecule has 72 valence electrons. The van der Waals surface area contributed by atoms with Crippen molar-refractivity contribution >= 4 is 19.8 Å². The zero-order chi connectivity index (χ0) is 9.07. The summed E-state index contributed by atoms with van der Waals surface area (Å²) in [6, 6.07) is 0. The normalized spacial score (nSPS) is 9.58. The Bertz CT molecular complexity index is 201. The predicted molar refractivity (Wildman–Crippen MR) is 37.0 cm³/mol. The molecule has 0 saturated carbocycles. The fraction of sp³-hybridized carbons (Fsp3) is 0.500. The van der Waals surface area contributed by atoms with Crippen LogP contribution >= 0.6 is 7.82 Å². The molecule has 7 nitrogen and oxygen atoms in total. The Morgan fingerprint density at radius 3 is 1.58 bits per heavy atom. The van der Waals surface area contributed by atoms with Crippen LogP contribution in [-0.4, -0.2) is 22.3 Å². The Balaban J connectivity index is 0. The average Bonchev–Trinajstić information content (AvgIpc) is 1.53. The van der Waals surface area contributed by atoms with Gasteiger partial charge in [-0.2, -0.15) is 0 Å². The van der Waals surface area contributed by atoms with Crippen molar-refractivity contribution in [3.8, 4) is 0 Å². The molecule has 8 heteroatoms. The lowest BCUT2D eigenvalue weighted by molar-refractivity contribution is -0.137. The molecule has 3 N–H and O–H groups in total. The number of hydrogen-bond donors (Lipinski definition) is 1. The van der Waals surface area contributed by atoms with Crippen molar-refractivity contribution in [2.45, 2.75) is 13.8 Å². The lowest BCUT2D eigenvalue weighted by Crippen LogP contribution is -2.02. The zero-order valence-electron chi connectivity index (χ0n) is 6.44. The standard InChI is InChI=1S/C4H7O6P.H2O/c1-3(5)9-11(7,8)10-4(2)6;/h1-2H3,(H,7,8);1H2. The summed E-state index contributed by atoms with van der Waals surface area (Å²) in [5.41, 5.74) is 0. The number of phosphoric ester groups is 1. The van der Waals surface area contributed by atoms with Crippen molar-refractivity contribution in [3.05, 3.63) is 0 Å². The molecule has 0 spiro atoms. The fourth-order valence-electron chi connectivity index (χ4n) is 0.344. The minimum Gasteiger partial charge on any atom is -0.412 e. The van der Waals surface area contributed by atoms with Gasteiger partial charge in [0.25, 0.3) is 0 Å². The zero-order valence-corrected chi connectivity index (χ0v) is 7.33. The van der Waals surface area contributed by atoms with E-state index in [1.165, 1.54) is 0 Å². The molecule has 0 heterocycles. The van der Waals surface area contributed by atoms with E-state index in [0.29, 0.717) is 0 Å². The van der Waals surface area contributed by atoms with Crippen LogP contribution in [0.2, 0.25) is 0 Å². The smallest absolute Gasteiger partial charge is 0.412 e. The van der Waals surface area contributed by atoms with E-state index in [2.05, 4.69) is 9.05 Å². The van der Waals surface area contributed by atoms with Crippen LogP contribution in [0.1, 0.15) is 13.8 Å². The van der Waals surface area contributed by atoms with Crippen molar-refractivity contribution in [3.63, 3.8) is 0 Å². The highest BCUT2D eigenvalue weighted by atomic mass is 31.2. The maximum atomic E-state index is 10.5. The van der Waals surface area contributed by atoms with Crippen molar-refractivity contribution in [1.82, 2.24) is 0 Å². The van der Waals surface area contributed by atoms with Crippen LogP contribution in [0.3, 0.4) is 0 Å². The van der Waals surface area contributed by atoms with Gasteiger partial charge in [-0.05, 0) is 0 Å². The van der Waals surface area contributed by atoms with Crippen molar-refractivity contribution < 1.29 is 33.6 Å². The SMILES string of the molecule is CC(=O)OP(=O)(O)OC(C)=O.O. The van der Waals surface area contributed by atoms with Crippen molar-refractivity contribution in [2.75, 3.05) is 0 Å². The van der Waals surface area contributed by atoms with E-state index >= 15 is 0 Å². The molecule has 0 rings (SSSR count). The van der Waals surface area contributed by atoms with Crippen LogP contribution in [0.5, 0.6) is 0 Å². The molecule has 0 aliphatic rings. The summed E-state index contributed by atoms with van der Waals surface area (Å²) in [5, 5.41) is 0. The van der Waals surface area contributed by atoms with Crippen molar-refractivity contribution in [1.29, 1.82) is 0 Å². The average molecular weight is 200 g/mol. The Labute approximate surface area is 68.2 Å². The molecule has 0 unspecified atom stereocenters. The van der Waals surface area contributed by atoms with Gasteiger partial charge in [-0.15, -0.1) is 0 Å². The third-order valence-corrected chi connectivity index (χ3v) is 1.46. The van der Waals surface area contributed by atoms with E-state index in [4.69, 9.17) is 4.89 Å². The summed E-state index contributed by atoms with van der Waals surface area (Å²) in [4.78, 5) is 28.7. The highest BCUT2D eigenvalue weighted by Crippen LogP contribution is 2.43. The molecule has 0 aromatic heterocycles. The molecular weight excluding hydrogens is 191 g/mol. The summed E-state index contributed by atoms with van der Waals surface area (Å²) in [6.07, 6.45) is 0. The van der Waals surface area contributed by atoms with Gasteiger partial charge in [0, 0.05) is 13.8 Å². The third kappa shape index (κ3) is 7.20. The third-order valence-electron chi connectivity index (χ3n) is 0.488. The first-order valence-corrected chi connectivity index (χ1v) is 4.06. The minimum atomic E-state index is -4.50. The maximum Gasteiger partial charge on any atom is 0.589 e. The van der Waals surface area contributed by atoms with Crippen LogP contribution < -0.4 is 0 Å². The summed E-state index contributed by atoms with van der Waals surface area (Å²) in [5.74, 6) is -1.98. The quantitative estimate of drug-likeness (QED) is 0.593. The van der Waals surface area contributed by atoms with E-state index in [9.17, 15) is 14.2 Å². The second-order valence-corrected chi connectivity index (χ2v) is 2.94. The number of carbonyl (C=O) groups is 2. The van der Waals surface area contributed by atoms with Gasteiger partial charge in [0.2, 0.25) is 0 Å². The Hall–Kier alpha value is -0.910. The summed E-state index contributed by atoms with van der Waals surface area (Å²) < 4.78 is 18.1. The molecule has 0 aromatic carbocycles. The molecule has 0 aliphatic heterocycles. The number of phosphoric acid groups is 1. The number of hydrogen-bond acceptors (Lipinski definition) is 5. The highest BCUT2D eigenvalue weighted by Gasteiger charge is 2.27. The number of carbonyl (C=O) groups excluding carboxylic acids is 2. The first kappa shape index (κ1) is 13.7. The van der Waals surface area contributed by atoms with Gasteiger partial charge in [-0.25, -0.2) is 4.57 Å². The lowest BCUT2D eigenvalue weighted by atomic mass is 10.9. The molecular formula is C4H9O7P. The topological polar surface area (TPSA) is 121 Å². The van der Waals surface area contributed by atoms with Gasteiger partial charge in [0.05, 0.1) is 0 Å². The first-order valence-electron chi connectivity index (χ1n) is 2.56. The lowest BCUT2D eigenvalue weighted by Gasteiger charge is -2.07. The second kappa shape index (κ2) is 4.87. The molecule has 0 radical (unpaired) electrons. The molecule has 0 fully saturated rings. The first-order chi connectivity index (χ1) is 4.83. The van der Waals surface area contributed by atoms with E-state index in [-0.39, 0.29) is 5.48 Å². The molecule has 0 saturated heterocycles. The largest absolute Gasteiger partial charge is 0.589 e. The van der Waals surface area contributed by atoms with E-state index in [0.717, 1.165) is 13.8 Å². The van der Waals surface area contributed by atoms with Gasteiger partial charge in [-0.1, -0.05) is 0 Å². The summed E-state index contributed by atoms with van der Waals surface area (Å²) in [7, 11) is -4.50. The minimum absolute atomic E-state index is 0. The molecule has 0 aromatic rings. The van der Waals surface area contributed by atoms with Gasteiger partial charge < -0.3 is 14.5 Å². The van der Waals surface area contributed by atoms with Crippen LogP contribution in [0.15, 0.2) is 0 Å². The van der Waals surface area contributed by atoms with Crippen molar-refractivity contribution in [2.24, 2.45) is 0 Å². The monoisotopic (exact) mass is 200 g/mol. The van der Waals surface area contributed by atoms with Crippen LogP contribution in [0.25, 0.3) is 0 Å². The maximum absolute atomic E-state index is 10.5. The van der Waals surface area contributed by atoms with E-state index < -0.39 is 19.8 Å². The van der Waals surface area contributed by atoms with Crippen LogP contribution in [0.4, 0.5) is 0 Å². The molecule has 0 bridgehead atoms. The molecule has 0 amide bonds. The van der Waals surface area contributed by atoms with Crippen LogP contribution in [-0.2, 0) is 23.2 Å². The summed E-state index contributed by atoms with van der Waals surface area (Å²) in [6.45, 7) is 1.85. The van der Waals surface area contributed by atoms with E-state index in [1.54, 1.807) is 0 Å². The van der Waals surface area contributed by atoms with Gasteiger partial charge >= 0.3 is 19.8 Å². The van der Waals surface area contributed by atoms with Gasteiger partial charge in [-0.3, -0.25) is 14.5 Å². The fourth-order valence-corrected chi connectivity index (χ4v) is 1.03.